The number of benzene rings is 3. The van der Waals surface area contributed by atoms with Gasteiger partial charge in [0.05, 0.1) is 4.90 Å². The molecule has 0 spiro atoms. The van der Waals surface area contributed by atoms with Crippen molar-refractivity contribution in [2.75, 3.05) is 5.32 Å². The number of halogens is 1. The van der Waals surface area contributed by atoms with Gasteiger partial charge in [-0.2, -0.15) is 8.42 Å². The number of nitrogens with one attached hydrogen (secondary N) is 1. The SMILES string of the molecule is Cc1ccccc1/C(=N\S(=O)(=O)c1ccc(Br)cc1)Nc1ccccc1. The number of anilines is 1. The van der Waals surface area contributed by atoms with Gasteiger partial charge in [0.2, 0.25) is 0 Å². The molecule has 0 unspecified atom stereocenters. The molecule has 0 heterocycles. The molecule has 0 saturated heterocycles. The first-order valence-electron chi connectivity index (χ1n) is 7.94. The summed E-state index contributed by atoms with van der Waals surface area (Å²) < 4.78 is 30.5. The molecule has 6 heteroatoms. The maximum absolute atomic E-state index is 12.8. The minimum absolute atomic E-state index is 0.140. The number of para-hydroxylation sites is 1. The van der Waals surface area contributed by atoms with Gasteiger partial charge < -0.3 is 5.32 Å². The Bertz CT molecular complexity index is 1030. The highest BCUT2D eigenvalue weighted by Gasteiger charge is 2.17. The van der Waals surface area contributed by atoms with Crippen LogP contribution in [0, 0.1) is 6.92 Å². The van der Waals surface area contributed by atoms with E-state index in [4.69, 9.17) is 0 Å². The molecule has 0 saturated carbocycles. The lowest BCUT2D eigenvalue weighted by Gasteiger charge is -2.12. The third-order valence-corrected chi connectivity index (χ3v) is 5.58. The molecule has 0 fully saturated rings. The van der Waals surface area contributed by atoms with E-state index >= 15 is 0 Å². The van der Waals surface area contributed by atoms with Crippen LogP contribution in [-0.4, -0.2) is 14.3 Å². The van der Waals surface area contributed by atoms with Crippen LogP contribution in [0.1, 0.15) is 11.1 Å². The lowest BCUT2D eigenvalue weighted by Crippen LogP contribution is -2.17. The number of nitrogens with zero attached hydrogens (tertiary/aromatic N) is 1. The minimum Gasteiger partial charge on any atom is -0.339 e. The third-order valence-electron chi connectivity index (χ3n) is 3.76. The van der Waals surface area contributed by atoms with Crippen LogP contribution in [-0.2, 0) is 10.0 Å². The average Bonchev–Trinajstić information content (AvgIpc) is 2.63. The van der Waals surface area contributed by atoms with Crippen LogP contribution in [0.3, 0.4) is 0 Å². The fraction of sp³-hybridized carbons (Fsp3) is 0.0500. The molecule has 0 aliphatic carbocycles. The van der Waals surface area contributed by atoms with Crippen LogP contribution in [0.25, 0.3) is 0 Å². The molecular weight excluding hydrogens is 412 g/mol. The Morgan fingerprint density at radius 2 is 1.50 bits per heavy atom. The standard InChI is InChI=1S/C20H17BrN2O2S/c1-15-7-5-6-10-19(15)20(22-17-8-3-2-4-9-17)23-26(24,25)18-13-11-16(21)12-14-18/h2-14H,1H3,(H,22,23). The predicted molar refractivity (Wildman–Crippen MR) is 109 cm³/mol. The van der Waals surface area contributed by atoms with Crippen molar-refractivity contribution < 1.29 is 8.42 Å². The predicted octanol–water partition coefficient (Wildman–Crippen LogP) is 5.01. The first kappa shape index (κ1) is 18.4. The van der Waals surface area contributed by atoms with Crippen LogP contribution in [0.5, 0.6) is 0 Å². The number of hydrogen-bond acceptors (Lipinski definition) is 2. The van der Waals surface area contributed by atoms with E-state index < -0.39 is 10.0 Å². The highest BCUT2D eigenvalue weighted by molar-refractivity contribution is 9.10. The number of sulfonamides is 1. The normalized spacial score (nSPS) is 12.0. The van der Waals surface area contributed by atoms with E-state index in [2.05, 4.69) is 25.6 Å². The number of hydrogen-bond donors (Lipinski definition) is 1. The van der Waals surface area contributed by atoms with Crippen LogP contribution < -0.4 is 5.32 Å². The largest absolute Gasteiger partial charge is 0.339 e. The van der Waals surface area contributed by atoms with Crippen molar-refractivity contribution in [2.45, 2.75) is 11.8 Å². The minimum atomic E-state index is -3.86. The van der Waals surface area contributed by atoms with Gasteiger partial charge in [0.15, 0.2) is 5.84 Å². The Morgan fingerprint density at radius 3 is 2.15 bits per heavy atom. The molecule has 0 bridgehead atoms. The zero-order valence-electron chi connectivity index (χ0n) is 14.1. The molecule has 4 nitrogen and oxygen atoms in total. The Hall–Kier alpha value is -2.44. The molecule has 132 valence electrons. The fourth-order valence-corrected chi connectivity index (χ4v) is 3.65. The second-order valence-electron chi connectivity index (χ2n) is 5.67. The molecule has 26 heavy (non-hydrogen) atoms. The summed E-state index contributed by atoms with van der Waals surface area (Å²) in [6.07, 6.45) is 0. The van der Waals surface area contributed by atoms with E-state index in [1.165, 1.54) is 12.1 Å². The average molecular weight is 429 g/mol. The number of aryl methyl sites for hydroxylation is 1. The Morgan fingerprint density at radius 1 is 0.885 bits per heavy atom. The van der Waals surface area contributed by atoms with Gasteiger partial charge in [0.25, 0.3) is 10.0 Å². The first-order valence-corrected chi connectivity index (χ1v) is 10.2. The molecular formula is C20H17BrN2O2S. The second-order valence-corrected chi connectivity index (χ2v) is 8.19. The monoisotopic (exact) mass is 428 g/mol. The topological polar surface area (TPSA) is 58.5 Å². The smallest absolute Gasteiger partial charge is 0.284 e. The number of rotatable bonds is 4. The number of amidine groups is 1. The van der Waals surface area contributed by atoms with Gasteiger partial charge in [-0.3, -0.25) is 0 Å². The Balaban J connectivity index is 2.09. The van der Waals surface area contributed by atoms with Crippen molar-refractivity contribution in [3.63, 3.8) is 0 Å². The second kappa shape index (κ2) is 7.85. The molecule has 0 radical (unpaired) electrons. The summed E-state index contributed by atoms with van der Waals surface area (Å²) in [6, 6.07) is 23.3. The van der Waals surface area contributed by atoms with Crippen molar-refractivity contribution >= 4 is 37.5 Å². The maximum Gasteiger partial charge on any atom is 0.284 e. The highest BCUT2D eigenvalue weighted by Crippen LogP contribution is 2.19. The van der Waals surface area contributed by atoms with Crippen molar-refractivity contribution in [3.8, 4) is 0 Å². The molecule has 1 N–H and O–H groups in total. The van der Waals surface area contributed by atoms with Gasteiger partial charge >= 0.3 is 0 Å². The van der Waals surface area contributed by atoms with Gasteiger partial charge in [-0.05, 0) is 48.9 Å². The molecule has 3 aromatic carbocycles. The van der Waals surface area contributed by atoms with Gasteiger partial charge in [0.1, 0.15) is 0 Å². The van der Waals surface area contributed by atoms with Crippen molar-refractivity contribution in [1.29, 1.82) is 0 Å². The van der Waals surface area contributed by atoms with Gasteiger partial charge in [-0.25, -0.2) is 0 Å². The van der Waals surface area contributed by atoms with Crippen LogP contribution in [0.2, 0.25) is 0 Å². The fourth-order valence-electron chi connectivity index (χ4n) is 2.42. The quantitative estimate of drug-likeness (QED) is 0.469. The van der Waals surface area contributed by atoms with Crippen molar-refractivity contribution in [3.05, 3.63) is 94.5 Å². The summed E-state index contributed by atoms with van der Waals surface area (Å²) in [5, 5.41) is 3.13. The van der Waals surface area contributed by atoms with Gasteiger partial charge in [-0.1, -0.05) is 58.4 Å². The molecule has 0 atom stereocenters. The van der Waals surface area contributed by atoms with E-state index in [9.17, 15) is 8.42 Å². The van der Waals surface area contributed by atoms with E-state index in [0.29, 0.717) is 0 Å². The molecule has 0 amide bonds. The zero-order valence-corrected chi connectivity index (χ0v) is 16.5. The molecule has 0 aromatic heterocycles. The van der Waals surface area contributed by atoms with E-state index in [1.807, 2.05) is 61.5 Å². The van der Waals surface area contributed by atoms with Crippen molar-refractivity contribution in [2.24, 2.45) is 4.40 Å². The van der Waals surface area contributed by atoms with E-state index in [1.54, 1.807) is 12.1 Å². The molecule has 0 aliphatic rings. The Kier molecular flexibility index (Phi) is 5.54. The van der Waals surface area contributed by atoms with Crippen LogP contribution >= 0.6 is 15.9 Å². The maximum atomic E-state index is 12.8. The summed E-state index contributed by atoms with van der Waals surface area (Å²) in [5.74, 6) is 0.289. The van der Waals surface area contributed by atoms with Crippen LogP contribution in [0.4, 0.5) is 5.69 Å². The third kappa shape index (κ3) is 4.39. The lowest BCUT2D eigenvalue weighted by molar-refractivity contribution is 0.598. The summed E-state index contributed by atoms with van der Waals surface area (Å²) in [6.45, 7) is 1.92. The zero-order chi connectivity index (χ0) is 18.6. The highest BCUT2D eigenvalue weighted by atomic mass is 79.9. The van der Waals surface area contributed by atoms with E-state index in [0.717, 1.165) is 21.3 Å². The summed E-state index contributed by atoms with van der Waals surface area (Å²) in [7, 11) is -3.86. The molecule has 3 rings (SSSR count). The van der Waals surface area contributed by atoms with Crippen LogP contribution in [0.15, 0.2) is 92.6 Å². The summed E-state index contributed by atoms with van der Waals surface area (Å²) in [4.78, 5) is 0.140. The summed E-state index contributed by atoms with van der Waals surface area (Å²) >= 11 is 3.31. The van der Waals surface area contributed by atoms with Gasteiger partial charge in [0, 0.05) is 15.7 Å². The van der Waals surface area contributed by atoms with Crippen molar-refractivity contribution in [1.82, 2.24) is 0 Å². The molecule has 0 aliphatic heterocycles. The van der Waals surface area contributed by atoms with Gasteiger partial charge in [-0.15, -0.1) is 4.40 Å². The lowest BCUT2D eigenvalue weighted by atomic mass is 10.1. The summed E-state index contributed by atoms with van der Waals surface area (Å²) in [5.41, 5.74) is 2.43. The van der Waals surface area contributed by atoms with E-state index in [-0.39, 0.29) is 10.7 Å². The first-order chi connectivity index (χ1) is 12.5. The Labute approximate surface area is 161 Å². The molecule has 3 aromatic rings.